The summed E-state index contributed by atoms with van der Waals surface area (Å²) in [6.45, 7) is 7.94. The van der Waals surface area contributed by atoms with E-state index in [0.29, 0.717) is 11.6 Å². The van der Waals surface area contributed by atoms with E-state index in [1.165, 1.54) is 25.5 Å². The Kier molecular flexibility index (Phi) is 11.9. The van der Waals surface area contributed by atoms with E-state index in [4.69, 9.17) is 19.4 Å². The number of ether oxygens (including phenoxy) is 3. The predicted molar refractivity (Wildman–Crippen MR) is 226 cm³/mol. The Morgan fingerprint density at radius 2 is 1.20 bits per heavy atom. The summed E-state index contributed by atoms with van der Waals surface area (Å²) in [5.74, 6) is -0.325. The highest BCUT2D eigenvalue weighted by atomic mass is 16.5. The Bertz CT molecular complexity index is 2460. The third kappa shape index (κ3) is 8.25. The minimum atomic E-state index is -1.54. The van der Waals surface area contributed by atoms with Crippen molar-refractivity contribution in [3.63, 3.8) is 0 Å². The Hall–Kier alpha value is -6.76. The first-order chi connectivity index (χ1) is 28.8. The van der Waals surface area contributed by atoms with Gasteiger partial charge in [-0.25, -0.2) is 14.5 Å². The molecule has 306 valence electrons. The van der Waals surface area contributed by atoms with E-state index in [2.05, 4.69) is 51.7 Å². The molecule has 0 amide bonds. The molecule has 0 bridgehead atoms. The van der Waals surface area contributed by atoms with E-state index < -0.39 is 28.5 Å². The van der Waals surface area contributed by atoms with E-state index in [-0.39, 0.29) is 31.3 Å². The summed E-state index contributed by atoms with van der Waals surface area (Å²) in [5, 5.41) is 24.9. The van der Waals surface area contributed by atoms with Crippen LogP contribution in [0.5, 0.6) is 0 Å². The Balaban J connectivity index is 1.20. The molecule has 7 rings (SSSR count). The Morgan fingerprint density at radius 3 is 1.72 bits per heavy atom. The maximum atomic E-state index is 13.7. The zero-order chi connectivity index (χ0) is 42.5. The molecule has 0 saturated carbocycles. The molecule has 0 radical (unpaired) electrons. The third-order valence-corrected chi connectivity index (χ3v) is 10.2. The summed E-state index contributed by atoms with van der Waals surface area (Å²) in [5.41, 5.74) is 3.16. The van der Waals surface area contributed by atoms with Gasteiger partial charge >= 0.3 is 11.9 Å². The fourth-order valence-corrected chi connectivity index (χ4v) is 7.39. The van der Waals surface area contributed by atoms with Crippen LogP contribution in [0.15, 0.2) is 140 Å². The number of methoxy groups -OCH3 is 1. The second kappa shape index (κ2) is 17.2. The first kappa shape index (κ1) is 41.4. The van der Waals surface area contributed by atoms with Crippen LogP contribution in [0, 0.1) is 5.41 Å². The number of aromatic nitrogens is 6. The normalized spacial score (nSPS) is 12.0. The molecule has 5 aromatic carbocycles. The van der Waals surface area contributed by atoms with Crippen LogP contribution in [-0.4, -0.2) is 53.9 Å². The molecule has 0 saturated heterocycles. The number of esters is 2. The lowest BCUT2D eigenvalue weighted by atomic mass is 9.77. The second-order valence-electron chi connectivity index (χ2n) is 16.0. The average Bonchev–Trinajstić information content (AvgIpc) is 3.89. The molecule has 2 heterocycles. The number of aliphatic hydroxyl groups is 1. The van der Waals surface area contributed by atoms with Crippen molar-refractivity contribution in [1.82, 2.24) is 29.8 Å². The smallest absolute Gasteiger partial charge is 0.359 e. The van der Waals surface area contributed by atoms with Crippen LogP contribution in [0.4, 0.5) is 0 Å². The maximum absolute atomic E-state index is 13.7. The molecule has 0 fully saturated rings. The van der Waals surface area contributed by atoms with Crippen LogP contribution < -0.4 is 0 Å². The number of nitrogens with zero attached hydrogens (tertiary/aromatic N) is 6. The fourth-order valence-electron chi connectivity index (χ4n) is 7.39. The number of tetrazole rings is 1. The van der Waals surface area contributed by atoms with Crippen molar-refractivity contribution in [2.75, 3.05) is 7.11 Å². The van der Waals surface area contributed by atoms with Gasteiger partial charge in [0.05, 0.1) is 11.1 Å². The standard InChI is InChI=1S/C48H48N6O6/c1-46(2,3)45(56)60-32-53-40(31-58-6)49-41(42(53)47(4,5)57)44(55)59-30-33-26-28-34(29-27-33)38-24-16-17-25-39(38)43-50-51-52-54(43)48(35-18-10-7-11-19-35,36-20-12-8-13-21-36)37-22-14-9-15-23-37/h7-29,57H,30-32H2,1-6H3. The molecule has 1 N–H and O–H groups in total. The molecule has 0 aliphatic carbocycles. The van der Waals surface area contributed by atoms with Crippen molar-refractivity contribution in [2.24, 2.45) is 5.41 Å². The Labute approximate surface area is 349 Å². The molecule has 12 heteroatoms. The molecule has 0 spiro atoms. The molecule has 0 unspecified atom stereocenters. The van der Waals surface area contributed by atoms with Gasteiger partial charge in [-0.05, 0) is 78.4 Å². The lowest BCUT2D eigenvalue weighted by molar-refractivity contribution is -0.157. The van der Waals surface area contributed by atoms with Crippen molar-refractivity contribution < 1.29 is 28.9 Å². The lowest BCUT2D eigenvalue weighted by Crippen LogP contribution is -2.39. The van der Waals surface area contributed by atoms with Gasteiger partial charge in [-0.3, -0.25) is 9.36 Å². The lowest BCUT2D eigenvalue weighted by Gasteiger charge is -2.36. The van der Waals surface area contributed by atoms with Crippen molar-refractivity contribution in [3.8, 4) is 22.5 Å². The molecular weight excluding hydrogens is 757 g/mol. The summed E-state index contributed by atoms with van der Waals surface area (Å²) in [6, 6.07) is 46.5. The highest BCUT2D eigenvalue weighted by molar-refractivity contribution is 5.89. The van der Waals surface area contributed by atoms with Gasteiger partial charge in [0.2, 0.25) is 0 Å². The van der Waals surface area contributed by atoms with E-state index >= 15 is 0 Å². The number of hydrogen-bond donors (Lipinski definition) is 1. The van der Waals surface area contributed by atoms with Crippen LogP contribution >= 0.6 is 0 Å². The highest BCUT2D eigenvalue weighted by Gasteiger charge is 2.42. The minimum Gasteiger partial charge on any atom is -0.456 e. The molecule has 0 aliphatic heterocycles. The van der Waals surface area contributed by atoms with Gasteiger partial charge in [-0.15, -0.1) is 5.10 Å². The summed E-state index contributed by atoms with van der Waals surface area (Å²) in [7, 11) is 1.49. The molecule has 0 aliphatic rings. The summed E-state index contributed by atoms with van der Waals surface area (Å²) >= 11 is 0. The van der Waals surface area contributed by atoms with Gasteiger partial charge in [-0.1, -0.05) is 140 Å². The van der Waals surface area contributed by atoms with Gasteiger partial charge in [0.25, 0.3) is 0 Å². The summed E-state index contributed by atoms with van der Waals surface area (Å²) in [6.07, 6.45) is 0. The van der Waals surface area contributed by atoms with Crippen molar-refractivity contribution >= 4 is 11.9 Å². The van der Waals surface area contributed by atoms with Gasteiger partial charge in [0.1, 0.15) is 30.2 Å². The molecule has 7 aromatic rings. The van der Waals surface area contributed by atoms with E-state index in [0.717, 1.165) is 38.9 Å². The van der Waals surface area contributed by atoms with Crippen molar-refractivity contribution in [3.05, 3.63) is 179 Å². The fraction of sp³-hybridized carbons (Fsp3) is 0.250. The van der Waals surface area contributed by atoms with Crippen LogP contribution in [-0.2, 0) is 50.1 Å². The maximum Gasteiger partial charge on any atom is 0.359 e. The Morgan fingerprint density at radius 1 is 0.667 bits per heavy atom. The monoisotopic (exact) mass is 804 g/mol. The highest BCUT2D eigenvalue weighted by Crippen LogP contribution is 2.43. The molecule has 2 aromatic heterocycles. The molecule has 0 atom stereocenters. The van der Waals surface area contributed by atoms with Crippen molar-refractivity contribution in [2.45, 2.75) is 65.7 Å². The number of hydrogen-bond acceptors (Lipinski definition) is 10. The second-order valence-corrected chi connectivity index (χ2v) is 16.0. The van der Waals surface area contributed by atoms with Gasteiger partial charge in [0, 0.05) is 12.7 Å². The molecule has 60 heavy (non-hydrogen) atoms. The van der Waals surface area contributed by atoms with Crippen molar-refractivity contribution in [1.29, 1.82) is 0 Å². The minimum absolute atomic E-state index is 0.00445. The summed E-state index contributed by atoms with van der Waals surface area (Å²) in [4.78, 5) is 30.8. The first-order valence-electron chi connectivity index (χ1n) is 19.6. The average molecular weight is 805 g/mol. The molecule has 12 nitrogen and oxygen atoms in total. The summed E-state index contributed by atoms with van der Waals surface area (Å²) < 4.78 is 20.1. The largest absolute Gasteiger partial charge is 0.456 e. The zero-order valence-corrected chi connectivity index (χ0v) is 34.6. The van der Waals surface area contributed by atoms with Gasteiger partial charge in [0.15, 0.2) is 18.2 Å². The number of carbonyl (C=O) groups is 2. The van der Waals surface area contributed by atoms with Crippen LogP contribution in [0.25, 0.3) is 22.5 Å². The van der Waals surface area contributed by atoms with E-state index in [9.17, 15) is 14.7 Å². The van der Waals surface area contributed by atoms with E-state index in [1.807, 2.05) is 108 Å². The topological polar surface area (TPSA) is 143 Å². The third-order valence-electron chi connectivity index (χ3n) is 10.2. The first-order valence-corrected chi connectivity index (χ1v) is 19.6. The SMILES string of the molecule is COCc1nc(C(=O)OCc2ccc(-c3ccccc3-c3nnnn3C(c3ccccc3)(c3ccccc3)c3ccccc3)cc2)c(C(C)(C)O)n1COC(=O)C(C)(C)C. The molecular formula is C48H48N6O6. The van der Waals surface area contributed by atoms with Gasteiger partial charge < -0.3 is 19.3 Å². The van der Waals surface area contributed by atoms with Crippen LogP contribution in [0.2, 0.25) is 0 Å². The predicted octanol–water partition coefficient (Wildman–Crippen LogP) is 8.32. The number of carbonyl (C=O) groups excluding carboxylic acids is 2. The number of benzene rings is 5. The van der Waals surface area contributed by atoms with E-state index in [1.54, 1.807) is 20.8 Å². The zero-order valence-electron chi connectivity index (χ0n) is 34.6. The van der Waals surface area contributed by atoms with Gasteiger partial charge in [-0.2, -0.15) is 0 Å². The van der Waals surface area contributed by atoms with Crippen LogP contribution in [0.3, 0.4) is 0 Å². The van der Waals surface area contributed by atoms with Crippen LogP contribution in [0.1, 0.15) is 78.9 Å². The number of rotatable bonds is 14. The number of imidazole rings is 1. The quantitative estimate of drug-likeness (QED) is 0.0842.